The summed E-state index contributed by atoms with van der Waals surface area (Å²) in [6.07, 6.45) is 8.09. The number of H-pyrrole nitrogens is 1. The molecule has 0 aliphatic heterocycles. The molecule has 0 amide bonds. The lowest BCUT2D eigenvalue weighted by molar-refractivity contribution is 0.610. The van der Waals surface area contributed by atoms with Crippen LogP contribution in [0, 0.1) is 13.8 Å². The topological polar surface area (TPSA) is 82.9 Å². The molecule has 1 aliphatic carbocycles. The number of nitrogens with zero attached hydrogens (tertiary/aromatic N) is 4. The van der Waals surface area contributed by atoms with Gasteiger partial charge in [-0.25, -0.2) is 4.99 Å². The maximum absolute atomic E-state index is 4.79. The predicted octanol–water partition coefficient (Wildman–Crippen LogP) is 3.75. The van der Waals surface area contributed by atoms with Crippen molar-refractivity contribution in [3.63, 3.8) is 0 Å². The van der Waals surface area contributed by atoms with Gasteiger partial charge in [-0.3, -0.25) is 0 Å². The molecule has 7 nitrogen and oxygen atoms in total. The third kappa shape index (κ3) is 5.14. The molecule has 0 radical (unpaired) electrons. The van der Waals surface area contributed by atoms with Gasteiger partial charge in [-0.15, -0.1) is 34.2 Å². The summed E-state index contributed by atoms with van der Waals surface area (Å²) in [6.45, 7) is 5.45. The molecule has 30 heavy (non-hydrogen) atoms. The number of aryl methyl sites for hydroxylation is 2. The molecular weight excluding hydrogens is 489 g/mol. The summed E-state index contributed by atoms with van der Waals surface area (Å²) in [5.74, 6) is 2.65. The fourth-order valence-corrected chi connectivity index (χ4v) is 4.04. The van der Waals surface area contributed by atoms with Crippen LogP contribution >= 0.6 is 24.0 Å². The quantitative estimate of drug-likeness (QED) is 0.262. The molecule has 1 aliphatic rings. The van der Waals surface area contributed by atoms with Crippen LogP contribution < -0.4 is 10.6 Å². The van der Waals surface area contributed by atoms with Crippen molar-refractivity contribution >= 4 is 40.8 Å². The van der Waals surface area contributed by atoms with Gasteiger partial charge in [0.2, 0.25) is 0 Å². The molecule has 3 aromatic rings. The highest BCUT2D eigenvalue weighted by atomic mass is 127. The monoisotopic (exact) mass is 521 g/mol. The molecule has 1 aromatic carbocycles. The molecule has 8 heteroatoms. The van der Waals surface area contributed by atoms with Crippen molar-refractivity contribution in [3.8, 4) is 0 Å². The highest BCUT2D eigenvalue weighted by Crippen LogP contribution is 2.21. The molecular formula is C22H32IN7. The highest BCUT2D eigenvalue weighted by Gasteiger charge is 2.16. The van der Waals surface area contributed by atoms with E-state index in [0.717, 1.165) is 30.6 Å². The van der Waals surface area contributed by atoms with E-state index in [1.54, 1.807) is 0 Å². The van der Waals surface area contributed by atoms with E-state index < -0.39 is 0 Å². The van der Waals surface area contributed by atoms with E-state index in [4.69, 9.17) is 4.99 Å². The Morgan fingerprint density at radius 2 is 2.03 bits per heavy atom. The average Bonchev–Trinajstić information content (AvgIpc) is 3.44. The molecule has 162 valence electrons. The van der Waals surface area contributed by atoms with Crippen molar-refractivity contribution < 1.29 is 0 Å². The van der Waals surface area contributed by atoms with E-state index >= 15 is 0 Å². The lowest BCUT2D eigenvalue weighted by Crippen LogP contribution is -2.43. The Labute approximate surface area is 195 Å². The van der Waals surface area contributed by atoms with Crippen LogP contribution in [-0.2, 0) is 20.0 Å². The number of halogens is 1. The molecule has 0 bridgehead atoms. The van der Waals surface area contributed by atoms with Gasteiger partial charge in [0.15, 0.2) is 11.8 Å². The molecule has 2 heterocycles. The first kappa shape index (κ1) is 22.6. The van der Waals surface area contributed by atoms with Gasteiger partial charge in [0, 0.05) is 36.7 Å². The standard InChI is InChI=1S/C22H31N7.HI/c1-15-7-6-10-19-17(13-24-21(15)19)11-12-23-22(26-18-8-4-5-9-18)25-14-20-28-27-16(2)29(20)3;/h6-7,10,13,18,24H,4-5,8-9,11-12,14H2,1-3H3,(H2,23,25,26);1H. The molecule has 0 saturated heterocycles. The molecule has 4 rings (SSSR count). The Hall–Kier alpha value is -2.10. The maximum Gasteiger partial charge on any atom is 0.191 e. The first-order chi connectivity index (χ1) is 14.1. The van der Waals surface area contributed by atoms with Gasteiger partial charge in [0.1, 0.15) is 12.4 Å². The molecule has 0 unspecified atom stereocenters. The fraction of sp³-hybridized carbons (Fsp3) is 0.500. The van der Waals surface area contributed by atoms with Crippen LogP contribution in [0.3, 0.4) is 0 Å². The minimum absolute atomic E-state index is 0. The number of fused-ring (bicyclic) bond motifs is 1. The number of aromatic nitrogens is 4. The zero-order chi connectivity index (χ0) is 20.2. The third-order valence-corrected chi connectivity index (χ3v) is 5.95. The normalized spacial score (nSPS) is 14.8. The minimum Gasteiger partial charge on any atom is -0.361 e. The second-order valence-corrected chi connectivity index (χ2v) is 8.00. The summed E-state index contributed by atoms with van der Waals surface area (Å²) in [5, 5.41) is 16.8. The zero-order valence-corrected chi connectivity index (χ0v) is 20.4. The van der Waals surface area contributed by atoms with Crippen LogP contribution in [0.1, 0.15) is 48.5 Å². The number of hydrogen-bond acceptors (Lipinski definition) is 3. The molecule has 1 saturated carbocycles. The Balaban J connectivity index is 0.00000256. The highest BCUT2D eigenvalue weighted by molar-refractivity contribution is 14.0. The number of guanidine groups is 1. The number of benzene rings is 1. The van der Waals surface area contributed by atoms with E-state index in [9.17, 15) is 0 Å². The van der Waals surface area contributed by atoms with Crippen LogP contribution in [0.2, 0.25) is 0 Å². The first-order valence-electron chi connectivity index (χ1n) is 10.6. The Bertz CT molecular complexity index is 998. The maximum atomic E-state index is 4.79. The second-order valence-electron chi connectivity index (χ2n) is 8.00. The largest absolute Gasteiger partial charge is 0.361 e. The summed E-state index contributed by atoms with van der Waals surface area (Å²) in [7, 11) is 1.98. The molecule has 0 atom stereocenters. The lowest BCUT2D eigenvalue weighted by Gasteiger charge is -2.17. The summed E-state index contributed by atoms with van der Waals surface area (Å²) < 4.78 is 1.99. The molecule has 2 aromatic heterocycles. The Kier molecular flexibility index (Phi) is 7.74. The van der Waals surface area contributed by atoms with E-state index in [0.29, 0.717) is 12.6 Å². The average molecular weight is 521 g/mol. The third-order valence-electron chi connectivity index (χ3n) is 5.95. The van der Waals surface area contributed by atoms with E-state index in [1.807, 2.05) is 18.5 Å². The Morgan fingerprint density at radius 1 is 1.23 bits per heavy atom. The number of para-hydroxylation sites is 1. The summed E-state index contributed by atoms with van der Waals surface area (Å²) in [6, 6.07) is 6.97. The number of hydrogen-bond donors (Lipinski definition) is 3. The van der Waals surface area contributed by atoms with Crippen molar-refractivity contribution in [2.75, 3.05) is 6.54 Å². The van der Waals surface area contributed by atoms with Crippen molar-refractivity contribution in [1.82, 2.24) is 30.4 Å². The van der Waals surface area contributed by atoms with E-state index in [1.165, 1.54) is 47.7 Å². The number of nitrogens with one attached hydrogen (secondary N) is 3. The number of aliphatic imine (C=N–C) groups is 1. The summed E-state index contributed by atoms with van der Waals surface area (Å²) in [5.41, 5.74) is 3.85. The van der Waals surface area contributed by atoms with Gasteiger partial charge < -0.3 is 20.2 Å². The number of aromatic amines is 1. The van der Waals surface area contributed by atoms with Gasteiger partial charge in [-0.05, 0) is 44.2 Å². The van der Waals surface area contributed by atoms with Crippen LogP contribution in [0.25, 0.3) is 10.9 Å². The van der Waals surface area contributed by atoms with Gasteiger partial charge in [-0.1, -0.05) is 31.0 Å². The molecule has 0 spiro atoms. The van der Waals surface area contributed by atoms with E-state index in [-0.39, 0.29) is 24.0 Å². The second kappa shape index (κ2) is 10.3. The van der Waals surface area contributed by atoms with Gasteiger partial charge in [0.25, 0.3) is 0 Å². The van der Waals surface area contributed by atoms with Crippen molar-refractivity contribution in [1.29, 1.82) is 0 Å². The zero-order valence-electron chi connectivity index (χ0n) is 18.0. The minimum atomic E-state index is 0. The van der Waals surface area contributed by atoms with Crippen LogP contribution in [-0.4, -0.2) is 38.3 Å². The van der Waals surface area contributed by atoms with E-state index in [2.05, 4.69) is 57.1 Å². The van der Waals surface area contributed by atoms with Crippen LogP contribution in [0.5, 0.6) is 0 Å². The Morgan fingerprint density at radius 3 is 2.77 bits per heavy atom. The van der Waals surface area contributed by atoms with Crippen LogP contribution in [0.4, 0.5) is 0 Å². The van der Waals surface area contributed by atoms with Crippen molar-refractivity contribution in [3.05, 3.63) is 47.2 Å². The van der Waals surface area contributed by atoms with Crippen molar-refractivity contribution in [2.45, 2.75) is 58.5 Å². The van der Waals surface area contributed by atoms with Gasteiger partial charge in [-0.2, -0.15) is 0 Å². The fourth-order valence-electron chi connectivity index (χ4n) is 4.04. The van der Waals surface area contributed by atoms with Crippen molar-refractivity contribution in [2.24, 2.45) is 12.0 Å². The number of rotatable bonds is 6. The summed E-state index contributed by atoms with van der Waals surface area (Å²) >= 11 is 0. The van der Waals surface area contributed by atoms with Crippen LogP contribution in [0.15, 0.2) is 29.4 Å². The summed E-state index contributed by atoms with van der Waals surface area (Å²) in [4.78, 5) is 8.21. The van der Waals surface area contributed by atoms with Gasteiger partial charge >= 0.3 is 0 Å². The smallest absolute Gasteiger partial charge is 0.191 e. The first-order valence-corrected chi connectivity index (χ1v) is 10.6. The lowest BCUT2D eigenvalue weighted by atomic mass is 10.1. The SMILES string of the molecule is Cc1cccc2c(CCNC(=NCc3nnc(C)n3C)NC3CCCC3)c[nH]c12.I. The molecule has 1 fully saturated rings. The molecule has 3 N–H and O–H groups in total. The predicted molar refractivity (Wildman–Crippen MR) is 132 cm³/mol. The van der Waals surface area contributed by atoms with Gasteiger partial charge in [0.05, 0.1) is 0 Å².